The SMILES string of the molecule is Cc1nc(C2CCCN(C(=O)CO)C2)nc2c1CCC(=O)N2CC1CCCCC1. The lowest BCUT2D eigenvalue weighted by Crippen LogP contribution is -2.42. The molecule has 3 aliphatic rings. The highest BCUT2D eigenvalue weighted by Gasteiger charge is 2.33. The first-order valence-electron chi connectivity index (χ1n) is 11.1. The number of anilines is 1. The Morgan fingerprint density at radius 2 is 1.90 bits per heavy atom. The molecule has 1 aromatic rings. The third-order valence-corrected chi connectivity index (χ3v) is 6.79. The van der Waals surface area contributed by atoms with Crippen LogP contribution in [-0.2, 0) is 16.0 Å². The van der Waals surface area contributed by atoms with Gasteiger partial charge in [-0.2, -0.15) is 0 Å². The number of piperidine rings is 1. The average Bonchev–Trinajstić information content (AvgIpc) is 2.76. The number of aromatic nitrogens is 2. The number of carbonyl (C=O) groups is 2. The molecule has 0 spiro atoms. The van der Waals surface area contributed by atoms with Crippen LogP contribution in [0, 0.1) is 12.8 Å². The van der Waals surface area contributed by atoms with E-state index in [4.69, 9.17) is 9.97 Å². The van der Waals surface area contributed by atoms with Crippen LogP contribution in [0.2, 0.25) is 0 Å². The number of nitrogens with zero attached hydrogens (tertiary/aromatic N) is 4. The molecular weight excluding hydrogens is 368 g/mol. The van der Waals surface area contributed by atoms with Crippen LogP contribution in [0.1, 0.15) is 74.4 Å². The Bertz CT molecular complexity index is 776. The Labute approximate surface area is 172 Å². The first-order chi connectivity index (χ1) is 14.1. The average molecular weight is 401 g/mol. The molecule has 7 nitrogen and oxygen atoms in total. The van der Waals surface area contributed by atoms with Crippen molar-refractivity contribution >= 4 is 17.6 Å². The molecule has 2 fully saturated rings. The van der Waals surface area contributed by atoms with E-state index >= 15 is 0 Å². The number of amides is 2. The Morgan fingerprint density at radius 1 is 1.10 bits per heavy atom. The van der Waals surface area contributed by atoms with E-state index < -0.39 is 6.61 Å². The number of carbonyl (C=O) groups excluding carboxylic acids is 2. The number of fused-ring (bicyclic) bond motifs is 1. The van der Waals surface area contributed by atoms with Crippen LogP contribution >= 0.6 is 0 Å². The Kier molecular flexibility index (Phi) is 6.13. The summed E-state index contributed by atoms with van der Waals surface area (Å²) in [4.78, 5) is 38.1. The van der Waals surface area contributed by atoms with Crippen LogP contribution in [0.5, 0.6) is 0 Å². The molecule has 3 heterocycles. The van der Waals surface area contributed by atoms with E-state index in [1.54, 1.807) is 4.90 Å². The highest BCUT2D eigenvalue weighted by atomic mass is 16.3. The zero-order valence-corrected chi connectivity index (χ0v) is 17.4. The summed E-state index contributed by atoms with van der Waals surface area (Å²) in [5.41, 5.74) is 2.06. The highest BCUT2D eigenvalue weighted by molar-refractivity contribution is 5.95. The van der Waals surface area contributed by atoms with Gasteiger partial charge >= 0.3 is 0 Å². The number of aliphatic hydroxyl groups excluding tert-OH is 1. The van der Waals surface area contributed by atoms with Crippen molar-refractivity contribution in [2.24, 2.45) is 5.92 Å². The summed E-state index contributed by atoms with van der Waals surface area (Å²) in [6.45, 7) is 3.53. The summed E-state index contributed by atoms with van der Waals surface area (Å²) >= 11 is 0. The summed E-state index contributed by atoms with van der Waals surface area (Å²) in [6, 6.07) is 0. The Morgan fingerprint density at radius 3 is 2.66 bits per heavy atom. The summed E-state index contributed by atoms with van der Waals surface area (Å²) in [6.07, 6.45) is 9.23. The van der Waals surface area contributed by atoms with E-state index in [2.05, 4.69) is 0 Å². The van der Waals surface area contributed by atoms with Crippen molar-refractivity contribution in [2.75, 3.05) is 31.1 Å². The molecule has 2 amide bonds. The molecule has 29 heavy (non-hydrogen) atoms. The van der Waals surface area contributed by atoms with Crippen molar-refractivity contribution in [2.45, 2.75) is 70.6 Å². The van der Waals surface area contributed by atoms with E-state index in [1.165, 1.54) is 32.1 Å². The van der Waals surface area contributed by atoms with Crippen LogP contribution in [0.3, 0.4) is 0 Å². The normalized spacial score (nSPS) is 23.2. The van der Waals surface area contributed by atoms with Gasteiger partial charge in [-0.05, 0) is 44.9 Å². The zero-order chi connectivity index (χ0) is 20.4. The van der Waals surface area contributed by atoms with Crippen LogP contribution in [-0.4, -0.2) is 58.0 Å². The summed E-state index contributed by atoms with van der Waals surface area (Å²) < 4.78 is 0. The first-order valence-corrected chi connectivity index (χ1v) is 11.1. The number of aliphatic hydroxyl groups is 1. The molecule has 7 heteroatoms. The fraction of sp³-hybridized carbons (Fsp3) is 0.727. The van der Waals surface area contributed by atoms with Crippen molar-refractivity contribution < 1.29 is 14.7 Å². The molecule has 0 aromatic carbocycles. The van der Waals surface area contributed by atoms with E-state index in [0.29, 0.717) is 31.8 Å². The van der Waals surface area contributed by atoms with Gasteiger partial charge in [0.25, 0.3) is 0 Å². The predicted octanol–water partition coefficient (Wildman–Crippen LogP) is 2.34. The third-order valence-electron chi connectivity index (χ3n) is 6.79. The molecule has 1 saturated carbocycles. The molecule has 2 aliphatic heterocycles. The summed E-state index contributed by atoms with van der Waals surface area (Å²) in [7, 11) is 0. The monoisotopic (exact) mass is 400 g/mol. The van der Waals surface area contributed by atoms with E-state index in [0.717, 1.165) is 42.3 Å². The fourth-order valence-electron chi connectivity index (χ4n) is 5.12. The van der Waals surface area contributed by atoms with Gasteiger partial charge < -0.3 is 10.0 Å². The number of hydrogen-bond donors (Lipinski definition) is 1. The molecule has 0 radical (unpaired) electrons. The maximum atomic E-state index is 12.8. The molecule has 158 valence electrons. The van der Waals surface area contributed by atoms with Crippen molar-refractivity contribution in [3.05, 3.63) is 17.1 Å². The fourth-order valence-corrected chi connectivity index (χ4v) is 5.12. The maximum Gasteiger partial charge on any atom is 0.248 e. The minimum Gasteiger partial charge on any atom is -0.387 e. The Hall–Kier alpha value is -2.02. The lowest BCUT2D eigenvalue weighted by molar-refractivity contribution is -0.135. The van der Waals surface area contributed by atoms with Crippen LogP contribution in [0.25, 0.3) is 0 Å². The molecular formula is C22H32N4O3. The van der Waals surface area contributed by atoms with Gasteiger partial charge in [0.05, 0.1) is 0 Å². The molecule has 1 saturated heterocycles. The van der Waals surface area contributed by atoms with E-state index in [1.807, 2.05) is 11.8 Å². The number of rotatable bonds is 4. The summed E-state index contributed by atoms with van der Waals surface area (Å²) in [5.74, 6) is 2.09. The molecule has 0 bridgehead atoms. The van der Waals surface area contributed by atoms with E-state index in [-0.39, 0.29) is 17.7 Å². The molecule has 1 aromatic heterocycles. The molecule has 1 aliphatic carbocycles. The second kappa shape index (κ2) is 8.78. The molecule has 4 rings (SSSR count). The van der Waals surface area contributed by atoms with Gasteiger partial charge in [-0.15, -0.1) is 0 Å². The smallest absolute Gasteiger partial charge is 0.248 e. The van der Waals surface area contributed by atoms with Crippen LogP contribution in [0.15, 0.2) is 0 Å². The zero-order valence-electron chi connectivity index (χ0n) is 17.4. The maximum absolute atomic E-state index is 12.8. The van der Waals surface area contributed by atoms with Crippen LogP contribution in [0.4, 0.5) is 5.82 Å². The second-order valence-corrected chi connectivity index (χ2v) is 8.81. The van der Waals surface area contributed by atoms with E-state index in [9.17, 15) is 14.7 Å². The number of hydrogen-bond acceptors (Lipinski definition) is 5. The van der Waals surface area contributed by atoms with Crippen molar-refractivity contribution in [1.82, 2.24) is 14.9 Å². The van der Waals surface area contributed by atoms with Gasteiger partial charge in [0, 0.05) is 43.2 Å². The first kappa shape index (κ1) is 20.3. The predicted molar refractivity (Wildman–Crippen MR) is 110 cm³/mol. The topological polar surface area (TPSA) is 86.6 Å². The van der Waals surface area contributed by atoms with Gasteiger partial charge in [-0.3, -0.25) is 14.5 Å². The van der Waals surface area contributed by atoms with Gasteiger partial charge in [0.15, 0.2) is 0 Å². The van der Waals surface area contributed by atoms with Crippen LogP contribution < -0.4 is 4.90 Å². The molecule has 1 unspecified atom stereocenters. The lowest BCUT2D eigenvalue weighted by Gasteiger charge is -2.35. The van der Waals surface area contributed by atoms with Gasteiger partial charge in [0.1, 0.15) is 18.2 Å². The Balaban J connectivity index is 1.60. The largest absolute Gasteiger partial charge is 0.387 e. The molecule has 1 N–H and O–H groups in total. The van der Waals surface area contributed by atoms with Gasteiger partial charge in [0.2, 0.25) is 11.8 Å². The van der Waals surface area contributed by atoms with Gasteiger partial charge in [-0.1, -0.05) is 19.3 Å². The standard InChI is InChI=1S/C22H32N4O3/c1-15-18-9-10-19(28)26(12-16-6-3-2-4-7-16)22(18)24-21(23-15)17-8-5-11-25(13-17)20(29)14-27/h16-17,27H,2-14H2,1H3. The number of aryl methyl sites for hydroxylation is 1. The van der Waals surface area contributed by atoms with Crippen molar-refractivity contribution in [3.63, 3.8) is 0 Å². The van der Waals surface area contributed by atoms with Crippen molar-refractivity contribution in [3.8, 4) is 0 Å². The minimum atomic E-state index is -0.458. The van der Waals surface area contributed by atoms with Gasteiger partial charge in [-0.25, -0.2) is 9.97 Å². The number of likely N-dealkylation sites (tertiary alicyclic amines) is 1. The van der Waals surface area contributed by atoms with Crippen molar-refractivity contribution in [1.29, 1.82) is 0 Å². The minimum absolute atomic E-state index is 0.0526. The quantitative estimate of drug-likeness (QED) is 0.838. The molecule has 1 atom stereocenters. The lowest BCUT2D eigenvalue weighted by atomic mass is 9.88. The highest BCUT2D eigenvalue weighted by Crippen LogP contribution is 2.34. The third kappa shape index (κ3) is 4.29. The second-order valence-electron chi connectivity index (χ2n) is 8.81. The summed E-state index contributed by atoms with van der Waals surface area (Å²) in [5, 5.41) is 9.20.